The first-order valence-corrected chi connectivity index (χ1v) is 5.88. The number of nitrogens with zero attached hydrogens (tertiary/aromatic N) is 2. The molecular formula is C14H15FN3+. The molecular weight excluding hydrogens is 229 g/mol. The zero-order valence-corrected chi connectivity index (χ0v) is 10.7. The lowest BCUT2D eigenvalue weighted by Gasteiger charge is -2.07. The van der Waals surface area contributed by atoms with Crippen molar-refractivity contribution in [1.29, 1.82) is 0 Å². The highest BCUT2D eigenvalue weighted by molar-refractivity contribution is 6.06. The third kappa shape index (κ3) is 2.25. The van der Waals surface area contributed by atoms with Gasteiger partial charge in [-0.25, -0.2) is 4.39 Å². The lowest BCUT2D eigenvalue weighted by molar-refractivity contribution is 0.627. The summed E-state index contributed by atoms with van der Waals surface area (Å²) in [4.78, 5) is 4.15. The van der Waals surface area contributed by atoms with Gasteiger partial charge < -0.3 is 0 Å². The Morgan fingerprint density at radius 1 is 1.39 bits per heavy atom. The Morgan fingerprint density at radius 3 is 2.89 bits per heavy atom. The van der Waals surface area contributed by atoms with Crippen molar-refractivity contribution in [3.63, 3.8) is 0 Å². The number of likely N-dealkylation sites (N-methyl/N-ethyl adjacent to an activating group) is 1. The van der Waals surface area contributed by atoms with Gasteiger partial charge in [0.15, 0.2) is 5.70 Å². The minimum atomic E-state index is -0.265. The Bertz CT molecular complexity index is 616. The van der Waals surface area contributed by atoms with Gasteiger partial charge in [-0.2, -0.15) is 4.67 Å². The molecule has 3 nitrogen and oxygen atoms in total. The third-order valence-electron chi connectivity index (χ3n) is 2.83. The van der Waals surface area contributed by atoms with Crippen molar-refractivity contribution in [2.24, 2.45) is 4.99 Å². The SMILES string of the molecule is CCNC1=[N+]=C=NC(c2cc(F)ccc2C)=C1C. The molecule has 0 unspecified atom stereocenters. The lowest BCUT2D eigenvalue weighted by Crippen LogP contribution is -2.27. The fourth-order valence-electron chi connectivity index (χ4n) is 1.86. The molecule has 4 heteroatoms. The standard InChI is InChI=1S/C14H14FN3/c1-4-16-14-10(3)13(17-8-18-14)12-7-11(15)6-5-9(12)2/h5-7H,4H2,1-3H3/p+1. The monoisotopic (exact) mass is 244 g/mol. The Morgan fingerprint density at radius 2 is 2.17 bits per heavy atom. The molecule has 1 aliphatic heterocycles. The second-order valence-electron chi connectivity index (χ2n) is 4.14. The molecule has 0 spiro atoms. The molecule has 0 fully saturated rings. The number of hydrogen-bond donors (Lipinski definition) is 1. The largest absolute Gasteiger partial charge is 0.344 e. The molecule has 0 bridgehead atoms. The minimum Gasteiger partial charge on any atom is -0.292 e. The molecule has 0 aliphatic carbocycles. The number of hydrogen-bond acceptors (Lipinski definition) is 2. The Hall–Kier alpha value is -2.15. The van der Waals surface area contributed by atoms with E-state index in [1.54, 1.807) is 6.07 Å². The molecule has 1 aromatic carbocycles. The molecule has 0 saturated heterocycles. The van der Waals surface area contributed by atoms with E-state index in [0.717, 1.165) is 34.8 Å². The summed E-state index contributed by atoms with van der Waals surface area (Å²) in [6.45, 7) is 6.62. The summed E-state index contributed by atoms with van der Waals surface area (Å²) in [6, 6.07) is 7.31. The summed E-state index contributed by atoms with van der Waals surface area (Å²) >= 11 is 0. The maximum absolute atomic E-state index is 13.3. The molecule has 0 radical (unpaired) electrons. The van der Waals surface area contributed by atoms with Crippen molar-refractivity contribution in [3.8, 4) is 0 Å². The molecule has 1 N–H and O–H groups in total. The number of nitrogens with one attached hydrogen (secondary N) is 1. The fraction of sp³-hybridized carbons (Fsp3) is 0.286. The molecule has 2 rings (SSSR count). The van der Waals surface area contributed by atoms with Crippen LogP contribution in [0.2, 0.25) is 0 Å². The summed E-state index contributed by atoms with van der Waals surface area (Å²) in [6.07, 6.45) is 0. The van der Waals surface area contributed by atoms with Gasteiger partial charge in [-0.15, -0.1) is 0 Å². The summed E-state index contributed by atoms with van der Waals surface area (Å²) in [7, 11) is 0. The minimum absolute atomic E-state index is 0.265. The number of aryl methyl sites for hydroxylation is 1. The first kappa shape index (κ1) is 12.3. The van der Waals surface area contributed by atoms with Gasteiger partial charge >= 0.3 is 11.8 Å². The van der Waals surface area contributed by atoms with Crippen molar-refractivity contribution in [2.45, 2.75) is 20.8 Å². The number of amidine groups is 1. The fourth-order valence-corrected chi connectivity index (χ4v) is 1.86. The molecule has 92 valence electrons. The number of rotatable bonds is 2. The first-order valence-electron chi connectivity index (χ1n) is 5.88. The van der Waals surface area contributed by atoms with Crippen molar-refractivity contribution in [3.05, 3.63) is 40.7 Å². The summed E-state index contributed by atoms with van der Waals surface area (Å²) in [5, 5.41) is 3.14. The third-order valence-corrected chi connectivity index (χ3v) is 2.83. The maximum Gasteiger partial charge on any atom is 0.344 e. The summed E-state index contributed by atoms with van der Waals surface area (Å²) in [5.41, 5.74) is 3.39. The van der Waals surface area contributed by atoms with Crippen LogP contribution < -0.4 is 9.98 Å². The van der Waals surface area contributed by atoms with Gasteiger partial charge in [-0.05, 0) is 43.5 Å². The van der Waals surface area contributed by atoms with Crippen LogP contribution in [0, 0.1) is 12.7 Å². The number of aliphatic imine (C=N–C) groups is 1. The smallest absolute Gasteiger partial charge is 0.292 e. The van der Waals surface area contributed by atoms with Crippen LogP contribution in [0.5, 0.6) is 0 Å². The van der Waals surface area contributed by atoms with Crippen LogP contribution >= 0.6 is 0 Å². The molecule has 18 heavy (non-hydrogen) atoms. The normalized spacial score (nSPS) is 13.9. The van der Waals surface area contributed by atoms with Crippen LogP contribution in [0.3, 0.4) is 0 Å². The second-order valence-corrected chi connectivity index (χ2v) is 4.14. The molecule has 0 atom stereocenters. The highest BCUT2D eigenvalue weighted by Crippen LogP contribution is 2.24. The van der Waals surface area contributed by atoms with Crippen molar-refractivity contribution in [1.82, 2.24) is 9.98 Å². The Balaban J connectivity index is 2.53. The van der Waals surface area contributed by atoms with Gasteiger partial charge in [-0.3, -0.25) is 5.32 Å². The average molecular weight is 244 g/mol. The van der Waals surface area contributed by atoms with E-state index in [4.69, 9.17) is 0 Å². The van der Waals surface area contributed by atoms with Gasteiger partial charge in [0, 0.05) is 5.56 Å². The lowest BCUT2D eigenvalue weighted by atomic mass is 10.0. The van der Waals surface area contributed by atoms with Crippen LogP contribution in [-0.4, -0.2) is 18.4 Å². The van der Waals surface area contributed by atoms with Gasteiger partial charge in [0.05, 0.1) is 12.1 Å². The van der Waals surface area contributed by atoms with Crippen LogP contribution in [0.15, 0.2) is 28.8 Å². The molecule has 1 aromatic rings. The molecule has 1 heterocycles. The predicted molar refractivity (Wildman–Crippen MR) is 72.0 cm³/mol. The maximum atomic E-state index is 13.3. The van der Waals surface area contributed by atoms with E-state index < -0.39 is 0 Å². The van der Waals surface area contributed by atoms with E-state index in [2.05, 4.69) is 21.0 Å². The Kier molecular flexibility index (Phi) is 3.42. The quantitative estimate of drug-likeness (QED) is 0.795. The van der Waals surface area contributed by atoms with E-state index in [1.165, 1.54) is 12.1 Å². The average Bonchev–Trinajstić information content (AvgIpc) is 2.35. The van der Waals surface area contributed by atoms with Crippen LogP contribution in [0.25, 0.3) is 5.70 Å². The van der Waals surface area contributed by atoms with E-state index in [0.29, 0.717) is 0 Å². The van der Waals surface area contributed by atoms with Crippen LogP contribution in [0.4, 0.5) is 4.39 Å². The van der Waals surface area contributed by atoms with Crippen LogP contribution in [-0.2, 0) is 0 Å². The topological polar surface area (TPSA) is 38.5 Å². The van der Waals surface area contributed by atoms with Crippen molar-refractivity contribution < 1.29 is 4.39 Å². The Labute approximate surface area is 106 Å². The summed E-state index contributed by atoms with van der Waals surface area (Å²) < 4.78 is 17.4. The molecule has 1 aliphatic rings. The molecule has 0 amide bonds. The molecule has 0 aromatic heterocycles. The van der Waals surface area contributed by atoms with Gasteiger partial charge in [0.1, 0.15) is 5.82 Å². The van der Waals surface area contributed by atoms with E-state index >= 15 is 0 Å². The van der Waals surface area contributed by atoms with E-state index in [9.17, 15) is 4.39 Å². The highest BCUT2D eigenvalue weighted by Gasteiger charge is 2.21. The van der Waals surface area contributed by atoms with Gasteiger partial charge in [0.2, 0.25) is 0 Å². The zero-order chi connectivity index (χ0) is 13.1. The van der Waals surface area contributed by atoms with Crippen LogP contribution in [0.1, 0.15) is 25.0 Å². The van der Waals surface area contributed by atoms with Gasteiger partial charge in [0.25, 0.3) is 0 Å². The first-order chi connectivity index (χ1) is 8.63. The predicted octanol–water partition coefficient (Wildman–Crippen LogP) is 2.13. The zero-order valence-electron chi connectivity index (χ0n) is 10.7. The molecule has 0 saturated carbocycles. The van der Waals surface area contributed by atoms with Crippen molar-refractivity contribution >= 4 is 17.5 Å². The second kappa shape index (κ2) is 5.01. The van der Waals surface area contributed by atoms with E-state index in [1.807, 2.05) is 20.8 Å². The van der Waals surface area contributed by atoms with E-state index in [-0.39, 0.29) is 5.82 Å². The van der Waals surface area contributed by atoms with Crippen molar-refractivity contribution in [2.75, 3.05) is 6.54 Å². The van der Waals surface area contributed by atoms with Gasteiger partial charge in [-0.1, -0.05) is 6.07 Å². The number of halogens is 1. The highest BCUT2D eigenvalue weighted by atomic mass is 19.1. The summed E-state index contributed by atoms with van der Waals surface area (Å²) in [5.74, 6) is 0.477. The number of benzene rings is 1.